The molecule has 4 aromatic carbocycles. The summed E-state index contributed by atoms with van der Waals surface area (Å²) in [6.07, 6.45) is 2.93. The molecule has 0 aliphatic rings. The van der Waals surface area contributed by atoms with E-state index >= 15 is 0 Å². The van der Waals surface area contributed by atoms with Gasteiger partial charge in [0.2, 0.25) is 0 Å². The molecule has 2 heterocycles. The molecule has 0 fully saturated rings. The highest BCUT2D eigenvalue weighted by Gasteiger charge is 2.14. The molecule has 0 saturated carbocycles. The van der Waals surface area contributed by atoms with Crippen LogP contribution in [-0.4, -0.2) is 35.9 Å². The summed E-state index contributed by atoms with van der Waals surface area (Å²) in [5.74, 6) is 1.91. The topological polar surface area (TPSA) is 122 Å². The Morgan fingerprint density at radius 3 is 2.35 bits per heavy atom. The third kappa shape index (κ3) is 5.61. The molecule has 0 saturated heterocycles. The highest BCUT2D eigenvalue weighted by atomic mass is 16.5. The van der Waals surface area contributed by atoms with Crippen LogP contribution < -0.4 is 16.0 Å². The molecule has 0 aliphatic carbocycles. The standard InChI is InChI=1S/C34H32N4O5/c1-37-32-31(33(41)38(2)34(37)42)35-30(36-32)5-3-4-18-43-26-14-6-21(7-15-26)19-29-27(22-8-11-24(39)12-9-22)16-10-23-20-25(40)13-17-28(23)29/h6-17,20,39-40H,3-5,18-19H2,1-2H3,(H,35,36). The summed E-state index contributed by atoms with van der Waals surface area (Å²) in [4.78, 5) is 32.1. The summed E-state index contributed by atoms with van der Waals surface area (Å²) in [5.41, 5.74) is 4.29. The molecule has 43 heavy (non-hydrogen) atoms. The van der Waals surface area contributed by atoms with Crippen LogP contribution in [0.2, 0.25) is 0 Å². The molecule has 6 aromatic rings. The number of nitrogens with zero attached hydrogens (tertiary/aromatic N) is 3. The molecule has 0 unspecified atom stereocenters. The van der Waals surface area contributed by atoms with E-state index in [-0.39, 0.29) is 17.1 Å². The van der Waals surface area contributed by atoms with Crippen molar-refractivity contribution in [2.45, 2.75) is 25.7 Å². The Morgan fingerprint density at radius 2 is 1.58 bits per heavy atom. The van der Waals surface area contributed by atoms with Crippen molar-refractivity contribution in [2.75, 3.05) is 6.61 Å². The van der Waals surface area contributed by atoms with Crippen LogP contribution in [0.15, 0.2) is 88.5 Å². The molecule has 218 valence electrons. The lowest BCUT2D eigenvalue weighted by molar-refractivity contribution is 0.306. The number of phenolic OH excluding ortho intramolecular Hbond substituents is 2. The second-order valence-corrected chi connectivity index (χ2v) is 10.8. The molecule has 0 atom stereocenters. The highest BCUT2D eigenvalue weighted by Crippen LogP contribution is 2.34. The zero-order valence-corrected chi connectivity index (χ0v) is 24.0. The van der Waals surface area contributed by atoms with Crippen LogP contribution >= 0.6 is 0 Å². The Kier molecular flexibility index (Phi) is 7.46. The zero-order chi connectivity index (χ0) is 30.1. The third-order valence-corrected chi connectivity index (χ3v) is 7.82. The van der Waals surface area contributed by atoms with Crippen LogP contribution in [0, 0.1) is 0 Å². The molecule has 9 heteroatoms. The second kappa shape index (κ2) is 11.5. The van der Waals surface area contributed by atoms with Gasteiger partial charge in [0.1, 0.15) is 28.6 Å². The number of nitrogens with one attached hydrogen (secondary N) is 1. The summed E-state index contributed by atoms with van der Waals surface area (Å²) in [7, 11) is 3.07. The number of aromatic amines is 1. The Morgan fingerprint density at radius 1 is 0.837 bits per heavy atom. The average molecular weight is 577 g/mol. The van der Waals surface area contributed by atoms with Crippen molar-refractivity contribution >= 4 is 21.9 Å². The van der Waals surface area contributed by atoms with Crippen molar-refractivity contribution in [1.29, 1.82) is 0 Å². The molecule has 9 nitrogen and oxygen atoms in total. The number of H-pyrrole nitrogens is 1. The van der Waals surface area contributed by atoms with Crippen molar-refractivity contribution in [3.63, 3.8) is 0 Å². The first-order valence-electron chi connectivity index (χ1n) is 14.2. The smallest absolute Gasteiger partial charge is 0.332 e. The molecule has 0 bridgehead atoms. The maximum absolute atomic E-state index is 12.4. The lowest BCUT2D eigenvalue weighted by atomic mass is 9.90. The SMILES string of the molecule is Cn1c(=O)c2[nH]c(CCCCOc3ccc(Cc4c(-c5ccc(O)cc5)ccc5cc(O)ccc45)cc3)nc2n(C)c1=O. The minimum atomic E-state index is -0.398. The second-order valence-electron chi connectivity index (χ2n) is 10.8. The highest BCUT2D eigenvalue weighted by molar-refractivity contribution is 5.93. The minimum absolute atomic E-state index is 0.223. The minimum Gasteiger partial charge on any atom is -0.508 e. The molecule has 0 spiro atoms. The normalized spacial score (nSPS) is 11.4. The number of fused-ring (bicyclic) bond motifs is 2. The summed E-state index contributed by atoms with van der Waals surface area (Å²) in [5, 5.41) is 21.8. The predicted octanol–water partition coefficient (Wildman–Crippen LogP) is 5.18. The van der Waals surface area contributed by atoms with E-state index in [2.05, 4.69) is 28.2 Å². The van der Waals surface area contributed by atoms with Crippen molar-refractivity contribution in [1.82, 2.24) is 19.1 Å². The van der Waals surface area contributed by atoms with Crippen molar-refractivity contribution in [3.8, 4) is 28.4 Å². The summed E-state index contributed by atoms with van der Waals surface area (Å²) in [6, 6.07) is 24.8. The van der Waals surface area contributed by atoms with E-state index in [1.807, 2.05) is 36.4 Å². The van der Waals surface area contributed by atoms with E-state index in [0.717, 1.165) is 56.2 Å². The van der Waals surface area contributed by atoms with Gasteiger partial charge in [0, 0.05) is 20.5 Å². The number of benzene rings is 4. The van der Waals surface area contributed by atoms with Crippen molar-refractivity contribution < 1.29 is 14.9 Å². The van der Waals surface area contributed by atoms with Gasteiger partial charge in [0.15, 0.2) is 5.65 Å². The molecule has 6 rings (SSSR count). The Hall–Kier alpha value is -5.31. The molecular weight excluding hydrogens is 544 g/mol. The van der Waals surface area contributed by atoms with Crippen LogP contribution in [0.3, 0.4) is 0 Å². The quantitative estimate of drug-likeness (QED) is 0.204. The lowest BCUT2D eigenvalue weighted by Gasteiger charge is -2.15. The fraction of sp³-hybridized carbons (Fsp3) is 0.206. The molecular formula is C34H32N4O5. The van der Waals surface area contributed by atoms with Gasteiger partial charge in [-0.3, -0.25) is 13.9 Å². The molecule has 3 N–H and O–H groups in total. The van der Waals surface area contributed by atoms with E-state index in [0.29, 0.717) is 36.4 Å². The number of ether oxygens (including phenoxy) is 1. The fourth-order valence-electron chi connectivity index (χ4n) is 5.47. The lowest BCUT2D eigenvalue weighted by Crippen LogP contribution is -2.36. The molecule has 0 amide bonds. The van der Waals surface area contributed by atoms with Crippen molar-refractivity contribution in [2.24, 2.45) is 14.1 Å². The monoisotopic (exact) mass is 576 g/mol. The Bertz CT molecular complexity index is 2060. The summed E-state index contributed by atoms with van der Waals surface area (Å²) < 4.78 is 8.44. The van der Waals surface area contributed by atoms with Gasteiger partial charge >= 0.3 is 5.69 Å². The molecule has 2 aromatic heterocycles. The van der Waals surface area contributed by atoms with Gasteiger partial charge in [-0.15, -0.1) is 0 Å². The van der Waals surface area contributed by atoms with E-state index < -0.39 is 5.69 Å². The number of phenols is 2. The summed E-state index contributed by atoms with van der Waals surface area (Å²) in [6.45, 7) is 0.539. The predicted molar refractivity (Wildman–Crippen MR) is 167 cm³/mol. The first kappa shape index (κ1) is 27.8. The van der Waals surface area contributed by atoms with Gasteiger partial charge in [-0.05, 0) is 88.7 Å². The number of hydrogen-bond donors (Lipinski definition) is 3. The van der Waals surface area contributed by atoms with E-state index in [1.165, 1.54) is 11.6 Å². The third-order valence-electron chi connectivity index (χ3n) is 7.82. The first-order valence-corrected chi connectivity index (χ1v) is 14.2. The van der Waals surface area contributed by atoms with Gasteiger partial charge in [0.05, 0.1) is 6.61 Å². The Balaban J connectivity index is 1.10. The average Bonchev–Trinajstić information content (AvgIpc) is 3.44. The van der Waals surface area contributed by atoms with E-state index in [9.17, 15) is 19.8 Å². The van der Waals surface area contributed by atoms with E-state index in [1.54, 1.807) is 31.3 Å². The first-order chi connectivity index (χ1) is 20.8. The Labute approximate surface area is 247 Å². The number of imidazole rings is 1. The number of rotatable bonds is 9. The van der Waals surface area contributed by atoms with Crippen LogP contribution in [-0.2, 0) is 26.9 Å². The number of aromatic hydroxyl groups is 2. The van der Waals surface area contributed by atoms with Crippen molar-refractivity contribution in [3.05, 3.63) is 117 Å². The number of aryl methyl sites for hydroxylation is 2. The number of unbranched alkanes of at least 4 members (excludes halogenated alkanes) is 1. The summed E-state index contributed by atoms with van der Waals surface area (Å²) >= 11 is 0. The maximum Gasteiger partial charge on any atom is 0.332 e. The van der Waals surface area contributed by atoms with Crippen LogP contribution in [0.4, 0.5) is 0 Å². The zero-order valence-electron chi connectivity index (χ0n) is 24.0. The van der Waals surface area contributed by atoms with Crippen LogP contribution in [0.1, 0.15) is 29.8 Å². The maximum atomic E-state index is 12.4. The number of hydrogen-bond acceptors (Lipinski definition) is 6. The van der Waals surface area contributed by atoms with Crippen LogP contribution in [0.25, 0.3) is 33.1 Å². The molecule has 0 radical (unpaired) electrons. The molecule has 0 aliphatic heterocycles. The largest absolute Gasteiger partial charge is 0.508 e. The van der Waals surface area contributed by atoms with Gasteiger partial charge in [-0.2, -0.15) is 0 Å². The number of aromatic nitrogens is 4. The van der Waals surface area contributed by atoms with Gasteiger partial charge in [0.25, 0.3) is 5.56 Å². The van der Waals surface area contributed by atoms with Gasteiger partial charge < -0.3 is 19.9 Å². The fourth-order valence-corrected chi connectivity index (χ4v) is 5.47. The van der Waals surface area contributed by atoms with Crippen LogP contribution in [0.5, 0.6) is 17.2 Å². The van der Waals surface area contributed by atoms with Gasteiger partial charge in [-0.25, -0.2) is 9.78 Å². The van der Waals surface area contributed by atoms with E-state index in [4.69, 9.17) is 4.74 Å². The van der Waals surface area contributed by atoms with Gasteiger partial charge in [-0.1, -0.05) is 42.5 Å².